The molecule has 182 valence electrons. The molecule has 0 fully saturated rings. The van der Waals surface area contributed by atoms with Gasteiger partial charge in [0.2, 0.25) is 0 Å². The minimum atomic E-state index is -0.879. The molecule has 34 heavy (non-hydrogen) atoms. The van der Waals surface area contributed by atoms with E-state index in [2.05, 4.69) is 16.7 Å². The third-order valence-corrected chi connectivity index (χ3v) is 6.62. The number of nitrogens with zero attached hydrogens (tertiary/aromatic N) is 1. The summed E-state index contributed by atoms with van der Waals surface area (Å²) in [7, 11) is 3.68. The van der Waals surface area contributed by atoms with Gasteiger partial charge < -0.3 is 14.4 Å². The summed E-state index contributed by atoms with van der Waals surface area (Å²) in [6, 6.07) is 13.8. The number of ketones is 1. The standard InChI is InChI=1S/C28H34ClNO4/c1-19(16-27(32)33)15-26(31)28-23-18-21(29)13-14-24(23)30(2)25(28)12-7-5-4-6-9-20-10-8-11-22(17-20)34-3/h8,10-11,13-14,17-19H,4-7,9,12,15-16H2,1-3H3,(H,32,33)/t19-/m0/s1. The number of carboxylic acid groups (broad SMARTS) is 1. The number of benzene rings is 2. The number of aromatic nitrogens is 1. The zero-order valence-electron chi connectivity index (χ0n) is 20.3. The van der Waals surface area contributed by atoms with Crippen molar-refractivity contribution in [3.05, 3.63) is 64.3 Å². The molecular formula is C28H34ClNO4. The smallest absolute Gasteiger partial charge is 0.303 e. The molecule has 0 radical (unpaired) electrons. The summed E-state index contributed by atoms with van der Waals surface area (Å²) in [5, 5.41) is 10.5. The molecule has 2 aromatic carbocycles. The zero-order valence-corrected chi connectivity index (χ0v) is 21.0. The van der Waals surface area contributed by atoms with E-state index in [-0.39, 0.29) is 24.5 Å². The first-order valence-corrected chi connectivity index (χ1v) is 12.3. The Bertz CT molecular complexity index is 1150. The monoisotopic (exact) mass is 483 g/mol. The van der Waals surface area contributed by atoms with Gasteiger partial charge in [-0.25, -0.2) is 0 Å². The molecule has 0 aliphatic rings. The number of Topliss-reactive ketones (excluding diaryl/α,β-unsaturated/α-hetero) is 1. The van der Waals surface area contributed by atoms with Gasteiger partial charge in [0.05, 0.1) is 7.11 Å². The first-order chi connectivity index (χ1) is 16.3. The maximum atomic E-state index is 13.3. The van der Waals surface area contributed by atoms with Crippen molar-refractivity contribution >= 4 is 34.3 Å². The number of aryl methyl sites for hydroxylation is 2. The molecule has 3 rings (SSSR count). The second-order valence-corrected chi connectivity index (χ2v) is 9.57. The van der Waals surface area contributed by atoms with E-state index < -0.39 is 5.97 Å². The van der Waals surface area contributed by atoms with Crippen molar-refractivity contribution in [3.63, 3.8) is 0 Å². The fraction of sp³-hybridized carbons (Fsp3) is 0.429. The van der Waals surface area contributed by atoms with Crippen molar-refractivity contribution in [2.24, 2.45) is 13.0 Å². The average Bonchev–Trinajstić information content (AvgIpc) is 3.06. The minimum Gasteiger partial charge on any atom is -0.497 e. The van der Waals surface area contributed by atoms with Gasteiger partial charge in [-0.05, 0) is 67.5 Å². The van der Waals surface area contributed by atoms with Crippen LogP contribution in [0, 0.1) is 5.92 Å². The zero-order chi connectivity index (χ0) is 24.7. The van der Waals surface area contributed by atoms with Gasteiger partial charge in [0, 0.05) is 47.1 Å². The average molecular weight is 484 g/mol. The SMILES string of the molecule is COc1cccc(CCCCCCc2c(C(=O)C[C@H](C)CC(=O)O)c3cc(Cl)ccc3n2C)c1. The van der Waals surface area contributed by atoms with Gasteiger partial charge >= 0.3 is 5.97 Å². The number of carbonyl (C=O) groups excluding carboxylic acids is 1. The molecular weight excluding hydrogens is 450 g/mol. The van der Waals surface area contributed by atoms with E-state index in [4.69, 9.17) is 21.4 Å². The van der Waals surface area contributed by atoms with Crippen LogP contribution in [-0.4, -0.2) is 28.5 Å². The van der Waals surface area contributed by atoms with Crippen LogP contribution in [0.1, 0.15) is 67.1 Å². The summed E-state index contributed by atoms with van der Waals surface area (Å²) < 4.78 is 7.39. The fourth-order valence-electron chi connectivity index (χ4n) is 4.67. The number of carboxylic acids is 1. The summed E-state index contributed by atoms with van der Waals surface area (Å²) in [6.07, 6.45) is 6.31. The third kappa shape index (κ3) is 6.63. The summed E-state index contributed by atoms with van der Waals surface area (Å²) >= 11 is 6.26. The summed E-state index contributed by atoms with van der Waals surface area (Å²) in [6.45, 7) is 1.81. The van der Waals surface area contributed by atoms with Gasteiger partial charge in [-0.2, -0.15) is 0 Å². The molecule has 0 amide bonds. The normalized spacial score (nSPS) is 12.1. The fourth-order valence-corrected chi connectivity index (χ4v) is 4.84. The Kier molecular flexibility index (Phi) is 9.17. The molecule has 1 N–H and O–H groups in total. The molecule has 3 aromatic rings. The highest BCUT2D eigenvalue weighted by atomic mass is 35.5. The van der Waals surface area contributed by atoms with Crippen molar-refractivity contribution in [3.8, 4) is 5.75 Å². The number of methoxy groups -OCH3 is 1. The number of halogens is 1. The predicted molar refractivity (Wildman–Crippen MR) is 137 cm³/mol. The van der Waals surface area contributed by atoms with Crippen LogP contribution in [0.5, 0.6) is 5.75 Å². The van der Waals surface area contributed by atoms with Gasteiger partial charge in [-0.1, -0.05) is 43.5 Å². The van der Waals surface area contributed by atoms with E-state index in [1.807, 2.05) is 44.3 Å². The van der Waals surface area contributed by atoms with Crippen LogP contribution in [0.4, 0.5) is 0 Å². The Hall–Kier alpha value is -2.79. The highest BCUT2D eigenvalue weighted by Gasteiger charge is 2.23. The molecule has 0 bridgehead atoms. The first kappa shape index (κ1) is 25.8. The third-order valence-electron chi connectivity index (χ3n) is 6.38. The summed E-state index contributed by atoms with van der Waals surface area (Å²) in [5.74, 6) is -0.211. The lowest BCUT2D eigenvalue weighted by Gasteiger charge is -2.11. The van der Waals surface area contributed by atoms with E-state index in [1.165, 1.54) is 5.56 Å². The van der Waals surface area contributed by atoms with Crippen LogP contribution < -0.4 is 4.74 Å². The maximum absolute atomic E-state index is 13.3. The largest absolute Gasteiger partial charge is 0.497 e. The Labute approximate surface area is 206 Å². The van der Waals surface area contributed by atoms with Crippen LogP contribution >= 0.6 is 11.6 Å². The van der Waals surface area contributed by atoms with Crippen LogP contribution in [-0.2, 0) is 24.7 Å². The topological polar surface area (TPSA) is 68.5 Å². The second-order valence-electron chi connectivity index (χ2n) is 9.14. The molecule has 0 saturated carbocycles. The van der Waals surface area contributed by atoms with Crippen molar-refractivity contribution in [2.45, 2.75) is 58.3 Å². The summed E-state index contributed by atoms with van der Waals surface area (Å²) in [5.41, 5.74) is 3.98. The number of fused-ring (bicyclic) bond motifs is 1. The van der Waals surface area contributed by atoms with Crippen molar-refractivity contribution in [2.75, 3.05) is 7.11 Å². The van der Waals surface area contributed by atoms with Gasteiger partial charge in [-0.15, -0.1) is 0 Å². The minimum absolute atomic E-state index is 0.00496. The molecule has 6 heteroatoms. The Morgan fingerprint density at radius 3 is 2.47 bits per heavy atom. The number of ether oxygens (including phenoxy) is 1. The number of aliphatic carboxylic acids is 1. The van der Waals surface area contributed by atoms with Crippen LogP contribution in [0.15, 0.2) is 42.5 Å². The van der Waals surface area contributed by atoms with Gasteiger partial charge in [0.1, 0.15) is 5.75 Å². The first-order valence-electron chi connectivity index (χ1n) is 11.9. The van der Waals surface area contributed by atoms with E-state index in [0.29, 0.717) is 10.6 Å². The second kappa shape index (κ2) is 12.1. The van der Waals surface area contributed by atoms with Crippen molar-refractivity contribution in [1.29, 1.82) is 0 Å². The number of rotatable bonds is 13. The van der Waals surface area contributed by atoms with Crippen LogP contribution in [0.3, 0.4) is 0 Å². The highest BCUT2D eigenvalue weighted by molar-refractivity contribution is 6.31. The predicted octanol–water partition coefficient (Wildman–Crippen LogP) is 6.87. The molecule has 0 aliphatic carbocycles. The molecule has 0 saturated heterocycles. The maximum Gasteiger partial charge on any atom is 0.303 e. The lowest BCUT2D eigenvalue weighted by atomic mass is 9.94. The molecule has 1 atom stereocenters. The van der Waals surface area contributed by atoms with E-state index in [0.717, 1.165) is 60.9 Å². The number of hydrogen-bond donors (Lipinski definition) is 1. The lowest BCUT2D eigenvalue weighted by molar-refractivity contribution is -0.137. The molecule has 1 aromatic heterocycles. The van der Waals surface area contributed by atoms with Crippen molar-refractivity contribution < 1.29 is 19.4 Å². The highest BCUT2D eigenvalue weighted by Crippen LogP contribution is 2.31. The van der Waals surface area contributed by atoms with Gasteiger partial charge in [0.15, 0.2) is 5.78 Å². The Morgan fingerprint density at radius 1 is 1.03 bits per heavy atom. The van der Waals surface area contributed by atoms with Gasteiger partial charge in [0.25, 0.3) is 0 Å². The lowest BCUT2D eigenvalue weighted by Crippen LogP contribution is -2.12. The summed E-state index contributed by atoms with van der Waals surface area (Å²) in [4.78, 5) is 24.3. The number of carbonyl (C=O) groups is 2. The van der Waals surface area contributed by atoms with Crippen molar-refractivity contribution in [1.82, 2.24) is 4.57 Å². The molecule has 0 aliphatic heterocycles. The quantitative estimate of drug-likeness (QED) is 0.213. The number of unbranched alkanes of at least 4 members (excludes halogenated alkanes) is 3. The molecule has 0 unspecified atom stereocenters. The number of hydrogen-bond acceptors (Lipinski definition) is 3. The van der Waals surface area contributed by atoms with E-state index in [1.54, 1.807) is 7.11 Å². The van der Waals surface area contributed by atoms with Gasteiger partial charge in [-0.3, -0.25) is 9.59 Å². The van der Waals surface area contributed by atoms with Crippen LogP contribution in [0.25, 0.3) is 10.9 Å². The Balaban J connectivity index is 1.66. The van der Waals surface area contributed by atoms with E-state index >= 15 is 0 Å². The van der Waals surface area contributed by atoms with E-state index in [9.17, 15) is 9.59 Å². The Morgan fingerprint density at radius 2 is 1.76 bits per heavy atom. The van der Waals surface area contributed by atoms with Crippen LogP contribution in [0.2, 0.25) is 5.02 Å². The molecule has 0 spiro atoms. The molecule has 1 heterocycles. The molecule has 5 nitrogen and oxygen atoms in total.